The van der Waals surface area contributed by atoms with E-state index < -0.39 is 5.97 Å². The maximum atomic E-state index is 11.4. The molecule has 2 aromatic rings. The summed E-state index contributed by atoms with van der Waals surface area (Å²) in [5.41, 5.74) is 2.94. The molecule has 0 aliphatic heterocycles. The molecule has 1 N–H and O–H groups in total. The topological polar surface area (TPSA) is 46.5 Å². The number of halogens is 1. The number of rotatable bonds is 2. The summed E-state index contributed by atoms with van der Waals surface area (Å²) in [4.78, 5) is 11.4. The van der Waals surface area contributed by atoms with Crippen molar-refractivity contribution < 1.29 is 14.6 Å². The second kappa shape index (κ2) is 5.33. The zero-order chi connectivity index (χ0) is 14.0. The number of carbonyl (C=O) groups excluding carboxylic acids is 1. The molecule has 0 saturated carbocycles. The highest BCUT2D eigenvalue weighted by atomic mass is 35.5. The third-order valence-corrected chi connectivity index (χ3v) is 3.08. The first-order valence-electron chi connectivity index (χ1n) is 5.70. The van der Waals surface area contributed by atoms with Crippen molar-refractivity contribution in [3.63, 3.8) is 0 Å². The van der Waals surface area contributed by atoms with Crippen LogP contribution in [0.5, 0.6) is 5.75 Å². The lowest BCUT2D eigenvalue weighted by molar-refractivity contribution is 0.0601. The molecule has 19 heavy (non-hydrogen) atoms. The lowest BCUT2D eigenvalue weighted by Crippen LogP contribution is -2.01. The van der Waals surface area contributed by atoms with Gasteiger partial charge >= 0.3 is 5.97 Å². The Morgan fingerprint density at radius 1 is 1.16 bits per heavy atom. The molecule has 0 atom stereocenters. The first-order valence-corrected chi connectivity index (χ1v) is 6.08. The van der Waals surface area contributed by atoms with Gasteiger partial charge in [0.05, 0.1) is 17.7 Å². The van der Waals surface area contributed by atoms with Gasteiger partial charge in [-0.15, -0.1) is 0 Å². The monoisotopic (exact) mass is 276 g/mol. The summed E-state index contributed by atoms with van der Waals surface area (Å²) in [6.07, 6.45) is 0. The van der Waals surface area contributed by atoms with Gasteiger partial charge in [0.15, 0.2) is 0 Å². The highest BCUT2D eigenvalue weighted by molar-refractivity contribution is 6.33. The summed E-state index contributed by atoms with van der Waals surface area (Å²) in [5, 5.41) is 9.92. The fourth-order valence-electron chi connectivity index (χ4n) is 1.90. The Bertz CT molecular complexity index is 615. The van der Waals surface area contributed by atoms with Crippen LogP contribution in [0.25, 0.3) is 11.1 Å². The molecule has 4 heteroatoms. The minimum atomic E-state index is -0.469. The number of phenolic OH excluding ortho intramolecular Hbond substituents is 1. The minimum Gasteiger partial charge on any atom is -0.508 e. The average molecular weight is 277 g/mol. The molecule has 0 amide bonds. The van der Waals surface area contributed by atoms with Crippen LogP contribution in [0.3, 0.4) is 0 Å². The maximum Gasteiger partial charge on any atom is 0.339 e. The van der Waals surface area contributed by atoms with E-state index in [1.165, 1.54) is 7.11 Å². The van der Waals surface area contributed by atoms with E-state index in [2.05, 4.69) is 4.74 Å². The van der Waals surface area contributed by atoms with E-state index in [4.69, 9.17) is 11.6 Å². The smallest absolute Gasteiger partial charge is 0.339 e. The van der Waals surface area contributed by atoms with Crippen LogP contribution in [0.2, 0.25) is 5.02 Å². The van der Waals surface area contributed by atoms with E-state index in [0.717, 1.165) is 16.7 Å². The van der Waals surface area contributed by atoms with Gasteiger partial charge in [0.25, 0.3) is 0 Å². The van der Waals surface area contributed by atoms with Gasteiger partial charge in [-0.05, 0) is 47.9 Å². The Morgan fingerprint density at radius 3 is 2.47 bits per heavy atom. The summed E-state index contributed by atoms with van der Waals surface area (Å²) < 4.78 is 4.64. The van der Waals surface area contributed by atoms with Gasteiger partial charge in [-0.25, -0.2) is 4.79 Å². The quantitative estimate of drug-likeness (QED) is 0.849. The van der Waals surface area contributed by atoms with Gasteiger partial charge < -0.3 is 9.84 Å². The third kappa shape index (κ3) is 2.88. The molecule has 0 aromatic heterocycles. The zero-order valence-corrected chi connectivity index (χ0v) is 11.4. The van der Waals surface area contributed by atoms with Crippen LogP contribution < -0.4 is 0 Å². The van der Waals surface area contributed by atoms with Crippen LogP contribution in [-0.4, -0.2) is 18.2 Å². The molecule has 0 saturated heterocycles. The van der Waals surface area contributed by atoms with E-state index in [9.17, 15) is 9.90 Å². The van der Waals surface area contributed by atoms with Crippen molar-refractivity contribution in [2.75, 3.05) is 7.11 Å². The van der Waals surface area contributed by atoms with E-state index in [1.807, 2.05) is 13.0 Å². The summed E-state index contributed by atoms with van der Waals surface area (Å²) >= 11 is 6.07. The Morgan fingerprint density at radius 2 is 1.89 bits per heavy atom. The summed E-state index contributed by atoms with van der Waals surface area (Å²) in [6, 6.07) is 10.3. The molecule has 0 bridgehead atoms. The number of phenols is 1. The summed E-state index contributed by atoms with van der Waals surface area (Å²) in [7, 11) is 1.31. The standard InChI is InChI=1S/C15H13ClO3/c1-9-5-11(7-12(17)6-9)10-3-4-13(14(16)8-10)15(18)19-2/h3-8,17H,1-2H3. The maximum absolute atomic E-state index is 11.4. The lowest BCUT2D eigenvalue weighted by atomic mass is 10.0. The van der Waals surface area contributed by atoms with Crippen molar-refractivity contribution in [3.8, 4) is 16.9 Å². The van der Waals surface area contributed by atoms with Gasteiger partial charge in [-0.3, -0.25) is 0 Å². The van der Waals surface area contributed by atoms with Crippen molar-refractivity contribution in [1.29, 1.82) is 0 Å². The van der Waals surface area contributed by atoms with E-state index in [1.54, 1.807) is 30.3 Å². The van der Waals surface area contributed by atoms with Gasteiger partial charge in [-0.1, -0.05) is 23.7 Å². The largest absolute Gasteiger partial charge is 0.508 e. The first kappa shape index (κ1) is 13.4. The molecular weight excluding hydrogens is 264 g/mol. The molecule has 0 aliphatic carbocycles. The third-order valence-electron chi connectivity index (χ3n) is 2.77. The zero-order valence-electron chi connectivity index (χ0n) is 10.6. The summed E-state index contributed by atoms with van der Waals surface area (Å²) in [6.45, 7) is 1.90. The number of hydrogen-bond acceptors (Lipinski definition) is 3. The van der Waals surface area contributed by atoms with Gasteiger partial charge in [-0.2, -0.15) is 0 Å². The molecule has 0 heterocycles. The van der Waals surface area contributed by atoms with Gasteiger partial charge in [0, 0.05) is 0 Å². The van der Waals surface area contributed by atoms with Crippen molar-refractivity contribution in [3.05, 3.63) is 52.5 Å². The number of hydrogen-bond donors (Lipinski definition) is 1. The second-order valence-electron chi connectivity index (χ2n) is 4.24. The molecule has 2 rings (SSSR count). The molecule has 0 radical (unpaired) electrons. The van der Waals surface area contributed by atoms with E-state index in [-0.39, 0.29) is 5.75 Å². The average Bonchev–Trinajstić information content (AvgIpc) is 2.36. The van der Waals surface area contributed by atoms with E-state index >= 15 is 0 Å². The fraction of sp³-hybridized carbons (Fsp3) is 0.133. The molecule has 0 aliphatic rings. The van der Waals surface area contributed by atoms with Crippen LogP contribution in [-0.2, 0) is 4.74 Å². The SMILES string of the molecule is COC(=O)c1ccc(-c2cc(C)cc(O)c2)cc1Cl. The molecule has 98 valence electrons. The van der Waals surface area contributed by atoms with Crippen molar-refractivity contribution >= 4 is 17.6 Å². The Hall–Kier alpha value is -2.00. The predicted molar refractivity (Wildman–Crippen MR) is 74.6 cm³/mol. The summed E-state index contributed by atoms with van der Waals surface area (Å²) in [5.74, 6) is -0.271. The highest BCUT2D eigenvalue weighted by Crippen LogP contribution is 2.29. The Balaban J connectivity index is 2.47. The van der Waals surface area contributed by atoms with Crippen molar-refractivity contribution in [2.24, 2.45) is 0 Å². The lowest BCUT2D eigenvalue weighted by Gasteiger charge is -2.07. The number of esters is 1. The van der Waals surface area contributed by atoms with Gasteiger partial charge in [0.1, 0.15) is 5.75 Å². The van der Waals surface area contributed by atoms with Crippen LogP contribution in [0.4, 0.5) is 0 Å². The van der Waals surface area contributed by atoms with Crippen molar-refractivity contribution in [1.82, 2.24) is 0 Å². The second-order valence-corrected chi connectivity index (χ2v) is 4.65. The number of ether oxygens (including phenoxy) is 1. The number of carbonyl (C=O) groups is 1. The number of methoxy groups -OCH3 is 1. The van der Waals surface area contributed by atoms with Gasteiger partial charge in [0.2, 0.25) is 0 Å². The predicted octanol–water partition coefficient (Wildman–Crippen LogP) is 3.81. The first-order chi connectivity index (χ1) is 9.01. The number of aryl methyl sites for hydroxylation is 1. The number of benzene rings is 2. The Labute approximate surface area is 116 Å². The molecule has 0 spiro atoms. The normalized spacial score (nSPS) is 10.3. The fourth-order valence-corrected chi connectivity index (χ4v) is 2.16. The van der Waals surface area contributed by atoms with Crippen molar-refractivity contribution in [2.45, 2.75) is 6.92 Å². The van der Waals surface area contributed by atoms with Crippen LogP contribution in [0.15, 0.2) is 36.4 Å². The van der Waals surface area contributed by atoms with Crippen LogP contribution in [0, 0.1) is 6.92 Å². The van der Waals surface area contributed by atoms with E-state index in [0.29, 0.717) is 10.6 Å². The highest BCUT2D eigenvalue weighted by Gasteiger charge is 2.11. The molecular formula is C15H13ClO3. The van der Waals surface area contributed by atoms with Crippen LogP contribution >= 0.6 is 11.6 Å². The minimum absolute atomic E-state index is 0.197. The number of aromatic hydroxyl groups is 1. The molecule has 2 aromatic carbocycles. The molecule has 0 unspecified atom stereocenters. The molecule has 0 fully saturated rings. The molecule has 3 nitrogen and oxygen atoms in total. The van der Waals surface area contributed by atoms with Crippen LogP contribution in [0.1, 0.15) is 15.9 Å². The Kier molecular flexibility index (Phi) is 3.76.